The summed E-state index contributed by atoms with van der Waals surface area (Å²) in [5, 5.41) is 0.427. The van der Waals surface area contributed by atoms with Crippen molar-refractivity contribution in [3.8, 4) is 0 Å². The monoisotopic (exact) mass is 385 g/mol. The Kier molecular flexibility index (Phi) is 5.08. The van der Waals surface area contributed by atoms with Crippen LogP contribution in [0.1, 0.15) is 6.42 Å². The van der Waals surface area contributed by atoms with Gasteiger partial charge in [-0.15, -0.1) is 11.3 Å². The zero-order chi connectivity index (χ0) is 14.0. The van der Waals surface area contributed by atoms with Crippen molar-refractivity contribution >= 4 is 48.9 Å². The number of sulfonamides is 1. The summed E-state index contributed by atoms with van der Waals surface area (Å²) in [6.45, 7) is 1.42. The number of nitrogens with zero attached hydrogens (tertiary/aromatic N) is 1. The molecule has 0 aliphatic carbocycles. The number of methoxy groups -OCH3 is 1. The maximum atomic E-state index is 12.4. The largest absolute Gasteiger partial charge is 0.380 e. The van der Waals surface area contributed by atoms with E-state index >= 15 is 0 Å². The molecule has 4 nitrogen and oxygen atoms in total. The van der Waals surface area contributed by atoms with E-state index in [0.29, 0.717) is 34.9 Å². The molecule has 19 heavy (non-hydrogen) atoms. The fraction of sp³-hybridized carbons (Fsp3) is 0.455. The molecule has 0 spiro atoms. The predicted octanol–water partition coefficient (Wildman–Crippen LogP) is 3.13. The second-order valence-electron chi connectivity index (χ2n) is 4.10. The molecule has 0 aromatic carbocycles. The molecule has 1 aromatic heterocycles. The summed E-state index contributed by atoms with van der Waals surface area (Å²) in [6.07, 6.45) is 2.61. The number of rotatable bonds is 4. The molecule has 0 bridgehead atoms. The summed E-state index contributed by atoms with van der Waals surface area (Å²) in [5.41, 5.74) is 1.14. The van der Waals surface area contributed by atoms with Crippen molar-refractivity contribution in [1.82, 2.24) is 4.31 Å². The van der Waals surface area contributed by atoms with E-state index in [-0.39, 0.29) is 4.21 Å². The van der Waals surface area contributed by atoms with E-state index in [4.69, 9.17) is 16.3 Å². The smallest absolute Gasteiger partial charge is 0.252 e. The number of halogens is 2. The summed E-state index contributed by atoms with van der Waals surface area (Å²) < 4.78 is 32.2. The summed E-state index contributed by atoms with van der Waals surface area (Å²) in [5.74, 6) is 0. The van der Waals surface area contributed by atoms with Crippen LogP contribution >= 0.6 is 38.9 Å². The first-order chi connectivity index (χ1) is 8.95. The van der Waals surface area contributed by atoms with Crippen LogP contribution in [0.25, 0.3) is 0 Å². The minimum atomic E-state index is -3.45. The van der Waals surface area contributed by atoms with Gasteiger partial charge in [0.1, 0.15) is 4.21 Å². The van der Waals surface area contributed by atoms with E-state index < -0.39 is 10.0 Å². The first-order valence-electron chi connectivity index (χ1n) is 5.57. The highest BCUT2D eigenvalue weighted by Crippen LogP contribution is 2.36. The molecular formula is C11H13BrClNO3S2. The Balaban J connectivity index is 2.18. The van der Waals surface area contributed by atoms with Gasteiger partial charge in [0.2, 0.25) is 0 Å². The molecule has 2 heterocycles. The maximum Gasteiger partial charge on any atom is 0.252 e. The zero-order valence-electron chi connectivity index (χ0n) is 10.2. The van der Waals surface area contributed by atoms with Gasteiger partial charge in [0.05, 0.1) is 15.4 Å². The van der Waals surface area contributed by atoms with Gasteiger partial charge in [0.15, 0.2) is 0 Å². The SMILES string of the molecule is COCC1=CCN(S(=O)(=O)c2cc(Cl)c(Br)s2)CC1. The quantitative estimate of drug-likeness (QED) is 0.747. The molecular weight excluding hydrogens is 374 g/mol. The van der Waals surface area contributed by atoms with Crippen LogP contribution in [-0.2, 0) is 14.8 Å². The molecule has 0 N–H and O–H groups in total. The number of ether oxygens (including phenoxy) is 1. The van der Waals surface area contributed by atoms with Crippen LogP contribution < -0.4 is 0 Å². The fourth-order valence-electron chi connectivity index (χ4n) is 1.81. The van der Waals surface area contributed by atoms with Gasteiger partial charge in [-0.3, -0.25) is 0 Å². The molecule has 0 saturated carbocycles. The minimum Gasteiger partial charge on any atom is -0.380 e. The topological polar surface area (TPSA) is 46.6 Å². The number of hydrogen-bond donors (Lipinski definition) is 0. The van der Waals surface area contributed by atoms with Crippen LogP contribution in [0.5, 0.6) is 0 Å². The third-order valence-corrected chi connectivity index (χ3v) is 7.60. The van der Waals surface area contributed by atoms with Crippen LogP contribution in [0.3, 0.4) is 0 Å². The number of thiophene rings is 1. The standard InChI is InChI=1S/C11H13BrClNO3S2/c1-17-7-8-2-4-14(5-3-8)19(15,16)10-6-9(13)11(12)18-10/h2,6H,3-5,7H2,1H3. The van der Waals surface area contributed by atoms with Crippen molar-refractivity contribution < 1.29 is 13.2 Å². The molecule has 0 atom stereocenters. The molecule has 2 rings (SSSR count). The normalized spacial score (nSPS) is 17.5. The first kappa shape index (κ1) is 15.5. The summed E-state index contributed by atoms with van der Waals surface area (Å²) in [4.78, 5) is 0. The summed E-state index contributed by atoms with van der Waals surface area (Å²) in [7, 11) is -1.82. The Bertz CT molecular complexity index is 578. The molecule has 0 fully saturated rings. The molecule has 0 amide bonds. The van der Waals surface area contributed by atoms with Gasteiger partial charge in [0.25, 0.3) is 10.0 Å². The lowest BCUT2D eigenvalue weighted by Crippen LogP contribution is -2.34. The molecule has 0 radical (unpaired) electrons. The third kappa shape index (κ3) is 3.40. The lowest BCUT2D eigenvalue weighted by Gasteiger charge is -2.24. The Morgan fingerprint density at radius 2 is 2.32 bits per heavy atom. The maximum absolute atomic E-state index is 12.4. The molecule has 1 aromatic rings. The average Bonchev–Trinajstić information content (AvgIpc) is 2.71. The molecule has 1 aliphatic heterocycles. The van der Waals surface area contributed by atoms with Crippen LogP contribution in [0.4, 0.5) is 0 Å². The van der Waals surface area contributed by atoms with Gasteiger partial charge in [-0.2, -0.15) is 4.31 Å². The van der Waals surface area contributed by atoms with Crippen molar-refractivity contribution in [1.29, 1.82) is 0 Å². The van der Waals surface area contributed by atoms with Gasteiger partial charge in [-0.1, -0.05) is 17.7 Å². The van der Waals surface area contributed by atoms with E-state index in [1.165, 1.54) is 10.4 Å². The second-order valence-corrected chi connectivity index (χ2v) is 9.04. The molecule has 0 unspecified atom stereocenters. The van der Waals surface area contributed by atoms with Crippen molar-refractivity contribution in [3.05, 3.63) is 26.5 Å². The minimum absolute atomic E-state index is 0.271. The highest BCUT2D eigenvalue weighted by molar-refractivity contribution is 9.11. The van der Waals surface area contributed by atoms with Crippen LogP contribution in [0.2, 0.25) is 5.02 Å². The highest BCUT2D eigenvalue weighted by Gasteiger charge is 2.28. The van der Waals surface area contributed by atoms with Gasteiger partial charge >= 0.3 is 0 Å². The Morgan fingerprint density at radius 1 is 1.58 bits per heavy atom. The number of hydrogen-bond acceptors (Lipinski definition) is 4. The molecule has 8 heteroatoms. The third-order valence-electron chi connectivity index (χ3n) is 2.81. The Labute approximate surface area is 130 Å². The molecule has 106 valence electrons. The predicted molar refractivity (Wildman–Crippen MR) is 80.4 cm³/mol. The molecule has 0 saturated heterocycles. The lowest BCUT2D eigenvalue weighted by atomic mass is 10.1. The van der Waals surface area contributed by atoms with Gasteiger partial charge in [-0.05, 0) is 34.0 Å². The van der Waals surface area contributed by atoms with E-state index in [1.807, 2.05) is 6.08 Å². The van der Waals surface area contributed by atoms with E-state index in [9.17, 15) is 8.42 Å². The van der Waals surface area contributed by atoms with Gasteiger partial charge in [-0.25, -0.2) is 8.42 Å². The van der Waals surface area contributed by atoms with Crippen molar-refractivity contribution in [2.24, 2.45) is 0 Å². The zero-order valence-corrected chi connectivity index (χ0v) is 14.2. The van der Waals surface area contributed by atoms with Crippen LogP contribution in [0.15, 0.2) is 25.7 Å². The fourth-order valence-corrected chi connectivity index (χ4v) is 5.74. The first-order valence-corrected chi connectivity index (χ1v) is 8.99. The summed E-state index contributed by atoms with van der Waals surface area (Å²) >= 11 is 10.3. The van der Waals surface area contributed by atoms with Crippen molar-refractivity contribution in [2.75, 3.05) is 26.8 Å². The van der Waals surface area contributed by atoms with Crippen molar-refractivity contribution in [2.45, 2.75) is 10.6 Å². The lowest BCUT2D eigenvalue weighted by molar-refractivity contribution is 0.219. The summed E-state index contributed by atoms with van der Waals surface area (Å²) in [6, 6.07) is 1.49. The second kappa shape index (κ2) is 6.24. The Hall–Kier alpha value is 0.0800. The van der Waals surface area contributed by atoms with E-state index in [2.05, 4.69) is 15.9 Å². The van der Waals surface area contributed by atoms with Gasteiger partial charge < -0.3 is 4.74 Å². The highest BCUT2D eigenvalue weighted by atomic mass is 79.9. The van der Waals surface area contributed by atoms with E-state index in [1.54, 1.807) is 7.11 Å². The van der Waals surface area contributed by atoms with Gasteiger partial charge in [0, 0.05) is 20.2 Å². The Morgan fingerprint density at radius 3 is 2.79 bits per heavy atom. The average molecular weight is 387 g/mol. The molecule has 1 aliphatic rings. The van der Waals surface area contributed by atoms with Crippen LogP contribution in [0, 0.1) is 0 Å². The van der Waals surface area contributed by atoms with Crippen LogP contribution in [-0.4, -0.2) is 39.5 Å². The van der Waals surface area contributed by atoms with Crippen molar-refractivity contribution in [3.63, 3.8) is 0 Å². The van der Waals surface area contributed by atoms with E-state index in [0.717, 1.165) is 16.9 Å².